The molecule has 0 aromatic rings. The van der Waals surface area contributed by atoms with Crippen LogP contribution in [-0.2, 0) is 28.6 Å². The van der Waals surface area contributed by atoms with Crippen molar-refractivity contribution in [2.45, 2.75) is 258 Å². The largest absolute Gasteiger partial charge is 0.462 e. The van der Waals surface area contributed by atoms with Crippen LogP contribution in [0.25, 0.3) is 0 Å². The van der Waals surface area contributed by atoms with Crippen molar-refractivity contribution >= 4 is 17.9 Å². The summed E-state index contributed by atoms with van der Waals surface area (Å²) < 4.78 is 16.8. The molecule has 0 unspecified atom stereocenters. The van der Waals surface area contributed by atoms with Gasteiger partial charge in [-0.1, -0.05) is 251 Å². The lowest BCUT2D eigenvalue weighted by Gasteiger charge is -2.18. The van der Waals surface area contributed by atoms with E-state index < -0.39 is 6.10 Å². The highest BCUT2D eigenvalue weighted by atomic mass is 16.6. The molecule has 0 amide bonds. The summed E-state index contributed by atoms with van der Waals surface area (Å²) in [5.41, 5.74) is 0. The highest BCUT2D eigenvalue weighted by Crippen LogP contribution is 2.15. The van der Waals surface area contributed by atoms with E-state index in [-0.39, 0.29) is 37.5 Å². The number of hydrogen-bond acceptors (Lipinski definition) is 6. The third-order valence-corrected chi connectivity index (χ3v) is 12.0. The average Bonchev–Trinajstić information content (AvgIpc) is 3.37. The number of hydrogen-bond donors (Lipinski definition) is 0. The Morgan fingerprint density at radius 1 is 0.296 bits per heavy atom. The van der Waals surface area contributed by atoms with Crippen LogP contribution in [0.5, 0.6) is 0 Å². The number of carbonyl (C=O) groups excluding carboxylic acids is 3. The monoisotopic (exact) mass is 983 g/mol. The van der Waals surface area contributed by atoms with Crippen LogP contribution in [0.2, 0.25) is 0 Å². The summed E-state index contributed by atoms with van der Waals surface area (Å²) in [6.45, 7) is 6.34. The lowest BCUT2D eigenvalue weighted by atomic mass is 10.0. The summed E-state index contributed by atoms with van der Waals surface area (Å²) in [4.78, 5) is 38.2. The van der Waals surface area contributed by atoms with E-state index >= 15 is 0 Å². The Labute approximate surface area is 437 Å². The second-order valence-electron chi connectivity index (χ2n) is 18.8. The standard InChI is InChI=1S/C65H106O6/c1-4-7-10-13-16-19-22-25-28-31-32-35-37-40-43-46-49-52-55-58-64(67)70-61-62(71-65(68)59-56-53-50-47-44-41-38-34-30-27-24-21-18-15-12-9-6-3)60-69-63(66)57-54-51-48-45-42-39-36-33-29-26-23-20-17-14-11-8-5-2/h7-8,10-11,16-17,19-20,25-26,28-29,32,35-36,39-40,43,45,48,62H,4-6,9,12-15,18,21-24,27,30-31,33-34,37-38,41-42,44,46-47,49-61H2,1-3H3/b10-7-,11-8-,19-16-,20-17-,28-25-,29-26-,35-32-,39-36-,43-40-,48-45-/t62-/m0/s1. The van der Waals surface area contributed by atoms with Gasteiger partial charge >= 0.3 is 17.9 Å². The Bertz CT molecular complexity index is 1500. The maximum Gasteiger partial charge on any atom is 0.306 e. The van der Waals surface area contributed by atoms with E-state index in [0.717, 1.165) is 116 Å². The van der Waals surface area contributed by atoms with Crippen LogP contribution in [0.15, 0.2) is 122 Å². The highest BCUT2D eigenvalue weighted by Gasteiger charge is 2.19. The lowest BCUT2D eigenvalue weighted by Crippen LogP contribution is -2.30. The van der Waals surface area contributed by atoms with Gasteiger partial charge in [0.05, 0.1) is 0 Å². The van der Waals surface area contributed by atoms with E-state index in [4.69, 9.17) is 14.2 Å². The molecule has 0 radical (unpaired) electrons. The summed E-state index contributed by atoms with van der Waals surface area (Å²) in [6.07, 6.45) is 80.5. The molecule has 0 saturated heterocycles. The van der Waals surface area contributed by atoms with Gasteiger partial charge in [-0.2, -0.15) is 0 Å². The first-order valence-electron chi connectivity index (χ1n) is 29.0. The third-order valence-electron chi connectivity index (χ3n) is 12.0. The average molecular weight is 984 g/mol. The second kappa shape index (κ2) is 58.4. The second-order valence-corrected chi connectivity index (χ2v) is 18.8. The smallest absolute Gasteiger partial charge is 0.306 e. The number of esters is 3. The van der Waals surface area contributed by atoms with Gasteiger partial charge in [-0.3, -0.25) is 14.4 Å². The Morgan fingerprint density at radius 2 is 0.563 bits per heavy atom. The van der Waals surface area contributed by atoms with Gasteiger partial charge in [0.1, 0.15) is 13.2 Å². The molecule has 0 aliphatic carbocycles. The fourth-order valence-corrected chi connectivity index (χ4v) is 7.68. The molecule has 0 aromatic carbocycles. The van der Waals surface area contributed by atoms with Crippen molar-refractivity contribution in [2.24, 2.45) is 0 Å². The summed E-state index contributed by atoms with van der Waals surface area (Å²) in [5, 5.41) is 0. The van der Waals surface area contributed by atoms with Gasteiger partial charge in [-0.15, -0.1) is 0 Å². The van der Waals surface area contributed by atoms with Gasteiger partial charge in [0, 0.05) is 19.3 Å². The molecule has 0 heterocycles. The number of unbranched alkanes of at least 4 members (excludes halogenated alkanes) is 20. The molecule has 6 nitrogen and oxygen atoms in total. The topological polar surface area (TPSA) is 78.9 Å². The van der Waals surface area contributed by atoms with Crippen LogP contribution < -0.4 is 0 Å². The van der Waals surface area contributed by atoms with Crippen LogP contribution >= 0.6 is 0 Å². The van der Waals surface area contributed by atoms with E-state index in [9.17, 15) is 14.4 Å². The number of allylic oxidation sites excluding steroid dienone is 20. The first-order valence-corrected chi connectivity index (χ1v) is 29.0. The van der Waals surface area contributed by atoms with Crippen LogP contribution in [0, 0.1) is 0 Å². The zero-order valence-corrected chi connectivity index (χ0v) is 45.9. The molecular formula is C65H106O6. The molecule has 0 saturated carbocycles. The van der Waals surface area contributed by atoms with Crippen molar-refractivity contribution in [3.63, 3.8) is 0 Å². The number of carbonyl (C=O) groups is 3. The van der Waals surface area contributed by atoms with Gasteiger partial charge in [-0.25, -0.2) is 0 Å². The molecule has 0 aliphatic heterocycles. The van der Waals surface area contributed by atoms with Gasteiger partial charge in [-0.05, 0) is 103 Å². The van der Waals surface area contributed by atoms with E-state index in [2.05, 4.69) is 142 Å². The van der Waals surface area contributed by atoms with Crippen LogP contribution in [-0.4, -0.2) is 37.2 Å². The molecular weight excluding hydrogens is 877 g/mol. The molecule has 0 spiro atoms. The number of ether oxygens (including phenoxy) is 3. The molecule has 0 aromatic heterocycles. The Hall–Kier alpha value is -4.19. The number of rotatable bonds is 51. The van der Waals surface area contributed by atoms with Crippen LogP contribution in [0.4, 0.5) is 0 Å². The van der Waals surface area contributed by atoms with E-state index in [1.807, 2.05) is 0 Å². The predicted molar refractivity (Wildman–Crippen MR) is 306 cm³/mol. The van der Waals surface area contributed by atoms with Crippen molar-refractivity contribution in [1.29, 1.82) is 0 Å². The first-order chi connectivity index (χ1) is 35.0. The van der Waals surface area contributed by atoms with E-state index in [1.165, 1.54) is 89.9 Å². The van der Waals surface area contributed by atoms with E-state index in [1.54, 1.807) is 0 Å². The quantitative estimate of drug-likeness (QED) is 0.0261. The molecule has 71 heavy (non-hydrogen) atoms. The van der Waals surface area contributed by atoms with Gasteiger partial charge < -0.3 is 14.2 Å². The van der Waals surface area contributed by atoms with Gasteiger partial charge in [0.2, 0.25) is 0 Å². The van der Waals surface area contributed by atoms with Crippen molar-refractivity contribution in [3.05, 3.63) is 122 Å². The Morgan fingerprint density at radius 3 is 0.915 bits per heavy atom. The van der Waals surface area contributed by atoms with Crippen molar-refractivity contribution in [2.75, 3.05) is 13.2 Å². The minimum atomic E-state index is -0.817. The summed E-state index contributed by atoms with van der Waals surface area (Å²) in [5.74, 6) is -1.00. The highest BCUT2D eigenvalue weighted by molar-refractivity contribution is 5.71. The summed E-state index contributed by atoms with van der Waals surface area (Å²) in [6, 6.07) is 0. The van der Waals surface area contributed by atoms with Crippen LogP contribution in [0.3, 0.4) is 0 Å². The fraction of sp³-hybridized carbons (Fsp3) is 0.646. The molecule has 402 valence electrons. The van der Waals surface area contributed by atoms with Crippen molar-refractivity contribution < 1.29 is 28.6 Å². The maximum absolute atomic E-state index is 12.9. The molecule has 0 rings (SSSR count). The summed E-state index contributed by atoms with van der Waals surface area (Å²) in [7, 11) is 0. The lowest BCUT2D eigenvalue weighted by molar-refractivity contribution is -0.167. The van der Waals surface area contributed by atoms with Crippen molar-refractivity contribution in [1.82, 2.24) is 0 Å². The molecule has 0 aliphatic rings. The Kier molecular flexibility index (Phi) is 54.9. The van der Waals surface area contributed by atoms with Gasteiger partial charge in [0.15, 0.2) is 6.10 Å². The Balaban J connectivity index is 4.53. The van der Waals surface area contributed by atoms with E-state index in [0.29, 0.717) is 19.3 Å². The minimum absolute atomic E-state index is 0.114. The first kappa shape index (κ1) is 66.8. The molecule has 6 heteroatoms. The minimum Gasteiger partial charge on any atom is -0.462 e. The molecule has 0 fully saturated rings. The summed E-state index contributed by atoms with van der Waals surface area (Å²) >= 11 is 0. The third kappa shape index (κ3) is 56.6. The SMILES string of the molecule is CC/C=C\C/C=C\C/C=C\C/C=C\C/C=C\CCCCCC(=O)OC[C@H](COC(=O)CCC/C=C\C/C=C\C/C=C\C/C=C\C/C=C\CC)OC(=O)CCCCCCCCCCCCCCCCCCC. The molecule has 0 N–H and O–H groups in total. The molecule has 1 atom stereocenters. The van der Waals surface area contributed by atoms with Crippen LogP contribution in [0.1, 0.15) is 252 Å². The maximum atomic E-state index is 12.9. The zero-order chi connectivity index (χ0) is 51.4. The van der Waals surface area contributed by atoms with Gasteiger partial charge in [0.25, 0.3) is 0 Å². The predicted octanol–water partition coefficient (Wildman–Crippen LogP) is 19.6. The van der Waals surface area contributed by atoms with Crippen molar-refractivity contribution in [3.8, 4) is 0 Å². The zero-order valence-electron chi connectivity index (χ0n) is 45.9. The normalized spacial score (nSPS) is 13.0. The molecule has 0 bridgehead atoms. The fourth-order valence-electron chi connectivity index (χ4n) is 7.68.